The molecule has 0 saturated carbocycles. The predicted octanol–water partition coefficient (Wildman–Crippen LogP) is 3.72. The number of benzene rings is 1. The molecule has 1 aliphatic heterocycles. The number of ether oxygens (including phenoxy) is 2. The molecule has 6 heteroatoms. The summed E-state index contributed by atoms with van der Waals surface area (Å²) in [7, 11) is 0. The summed E-state index contributed by atoms with van der Waals surface area (Å²) >= 11 is 0. The van der Waals surface area contributed by atoms with E-state index >= 15 is 0 Å². The molecule has 25 heavy (non-hydrogen) atoms. The Balaban J connectivity index is 2.54. The number of nitrogens with zero attached hydrogens (tertiary/aromatic N) is 1. The van der Waals surface area contributed by atoms with E-state index < -0.39 is 12.0 Å². The molecule has 1 aliphatic rings. The van der Waals surface area contributed by atoms with Gasteiger partial charge >= 0.3 is 5.97 Å². The fourth-order valence-electron chi connectivity index (χ4n) is 2.60. The van der Waals surface area contributed by atoms with Gasteiger partial charge in [-0.15, -0.1) is 0 Å². The Morgan fingerprint density at radius 2 is 1.88 bits per heavy atom. The van der Waals surface area contributed by atoms with E-state index in [1.165, 1.54) is 12.1 Å². The highest BCUT2D eigenvalue weighted by molar-refractivity contribution is 5.94. The van der Waals surface area contributed by atoms with Crippen molar-refractivity contribution in [3.05, 3.63) is 46.9 Å². The van der Waals surface area contributed by atoms with Crippen LogP contribution in [0.2, 0.25) is 0 Å². The highest BCUT2D eigenvalue weighted by atomic mass is 19.1. The lowest BCUT2D eigenvalue weighted by molar-refractivity contribution is -0.139. The zero-order chi connectivity index (χ0) is 18.6. The van der Waals surface area contributed by atoms with Crippen LogP contribution in [0.4, 0.5) is 4.39 Å². The molecular formula is C19H25FN2O3. The van der Waals surface area contributed by atoms with E-state index in [1.807, 2.05) is 27.7 Å². The number of esters is 1. The number of carbonyl (C=O) groups is 1. The van der Waals surface area contributed by atoms with Gasteiger partial charge in [0.25, 0.3) is 6.02 Å². The van der Waals surface area contributed by atoms with Gasteiger partial charge in [0, 0.05) is 5.70 Å². The van der Waals surface area contributed by atoms with Crippen LogP contribution >= 0.6 is 0 Å². The number of amidine groups is 1. The first kappa shape index (κ1) is 19.0. The third-order valence-corrected chi connectivity index (χ3v) is 3.66. The third-order valence-electron chi connectivity index (χ3n) is 3.66. The number of carbonyl (C=O) groups excluding carboxylic acids is 1. The van der Waals surface area contributed by atoms with E-state index in [0.29, 0.717) is 22.9 Å². The van der Waals surface area contributed by atoms with Crippen LogP contribution in [-0.4, -0.2) is 24.7 Å². The number of allylic oxidation sites excluding steroid dienone is 1. The molecule has 0 aliphatic carbocycles. The number of aliphatic imine (C=N–C) groups is 1. The Hall–Kier alpha value is -2.37. The van der Waals surface area contributed by atoms with Crippen molar-refractivity contribution in [2.45, 2.75) is 46.8 Å². The van der Waals surface area contributed by atoms with Gasteiger partial charge in [-0.3, -0.25) is 0 Å². The summed E-state index contributed by atoms with van der Waals surface area (Å²) < 4.78 is 24.3. The lowest BCUT2D eigenvalue weighted by atomic mass is 9.92. The van der Waals surface area contributed by atoms with Crippen LogP contribution in [0.1, 0.15) is 46.2 Å². The largest absolute Gasteiger partial charge is 0.463 e. The number of nitrogens with one attached hydrogen (secondary N) is 1. The molecule has 1 aromatic rings. The van der Waals surface area contributed by atoms with Crippen LogP contribution < -0.4 is 5.32 Å². The van der Waals surface area contributed by atoms with Gasteiger partial charge in [-0.25, -0.2) is 14.2 Å². The van der Waals surface area contributed by atoms with Crippen molar-refractivity contribution < 1.29 is 18.7 Å². The minimum Gasteiger partial charge on any atom is -0.463 e. The molecule has 0 spiro atoms. The zero-order valence-corrected chi connectivity index (χ0v) is 15.3. The second-order valence-corrected chi connectivity index (χ2v) is 6.38. The minimum atomic E-state index is -0.605. The van der Waals surface area contributed by atoms with Gasteiger partial charge in [-0.2, -0.15) is 0 Å². The second-order valence-electron chi connectivity index (χ2n) is 6.38. The van der Waals surface area contributed by atoms with E-state index in [-0.39, 0.29) is 24.4 Å². The van der Waals surface area contributed by atoms with Gasteiger partial charge in [-0.1, -0.05) is 26.0 Å². The molecular weight excluding hydrogens is 323 g/mol. The van der Waals surface area contributed by atoms with Gasteiger partial charge in [0.1, 0.15) is 11.9 Å². The molecule has 0 aromatic heterocycles. The van der Waals surface area contributed by atoms with Gasteiger partial charge in [-0.05, 0) is 44.4 Å². The summed E-state index contributed by atoms with van der Waals surface area (Å²) in [6.45, 7) is 9.77. The zero-order valence-electron chi connectivity index (χ0n) is 15.3. The standard InChI is InChI=1S/C19H25FN2O3/c1-6-24-18(23)15-16(11(2)3)21-19(25-12(4)5)22-17(15)13-7-9-14(20)10-8-13/h7-12,17H,6H2,1-5H3,(H,21,22). The van der Waals surface area contributed by atoms with Gasteiger partial charge < -0.3 is 14.8 Å². The molecule has 1 N–H and O–H groups in total. The van der Waals surface area contributed by atoms with Crippen LogP contribution in [0, 0.1) is 11.7 Å². The van der Waals surface area contributed by atoms with E-state index in [9.17, 15) is 9.18 Å². The van der Waals surface area contributed by atoms with Crippen molar-refractivity contribution in [1.29, 1.82) is 0 Å². The van der Waals surface area contributed by atoms with E-state index in [1.54, 1.807) is 19.1 Å². The Labute approximate surface area is 147 Å². The lowest BCUT2D eigenvalue weighted by Gasteiger charge is -2.29. The molecule has 136 valence electrons. The molecule has 0 fully saturated rings. The summed E-state index contributed by atoms with van der Waals surface area (Å²) in [5, 5.41) is 3.12. The maximum atomic E-state index is 13.3. The Morgan fingerprint density at radius 3 is 2.40 bits per heavy atom. The number of hydrogen-bond donors (Lipinski definition) is 1. The van der Waals surface area contributed by atoms with E-state index in [2.05, 4.69) is 10.3 Å². The van der Waals surface area contributed by atoms with Gasteiger partial charge in [0.2, 0.25) is 0 Å². The number of halogens is 1. The predicted molar refractivity (Wildman–Crippen MR) is 94.4 cm³/mol. The average Bonchev–Trinajstić information content (AvgIpc) is 2.54. The van der Waals surface area contributed by atoms with Crippen molar-refractivity contribution in [2.24, 2.45) is 10.9 Å². The lowest BCUT2D eigenvalue weighted by Crippen LogP contribution is -2.37. The second kappa shape index (κ2) is 8.14. The van der Waals surface area contributed by atoms with Crippen LogP contribution in [0.15, 0.2) is 40.5 Å². The molecule has 0 radical (unpaired) electrons. The maximum Gasteiger partial charge on any atom is 0.338 e. The summed E-state index contributed by atoms with van der Waals surface area (Å²) in [5.41, 5.74) is 1.84. The Kier molecular flexibility index (Phi) is 6.17. The molecule has 1 heterocycles. The first-order valence-electron chi connectivity index (χ1n) is 8.51. The van der Waals surface area contributed by atoms with Crippen LogP contribution in [-0.2, 0) is 14.3 Å². The average molecular weight is 348 g/mol. The van der Waals surface area contributed by atoms with E-state index in [0.717, 1.165) is 0 Å². The highest BCUT2D eigenvalue weighted by Crippen LogP contribution is 2.34. The van der Waals surface area contributed by atoms with Crippen molar-refractivity contribution >= 4 is 12.0 Å². The van der Waals surface area contributed by atoms with Gasteiger partial charge in [0.05, 0.1) is 18.3 Å². The number of hydrogen-bond acceptors (Lipinski definition) is 5. The Bertz CT molecular complexity index is 678. The topological polar surface area (TPSA) is 59.9 Å². The van der Waals surface area contributed by atoms with Crippen molar-refractivity contribution in [3.8, 4) is 0 Å². The molecule has 1 unspecified atom stereocenters. The summed E-state index contributed by atoms with van der Waals surface area (Å²) in [6, 6.07) is 5.70. The molecule has 2 rings (SSSR count). The summed E-state index contributed by atoms with van der Waals surface area (Å²) in [5.74, 6) is -0.741. The molecule has 5 nitrogen and oxygen atoms in total. The van der Waals surface area contributed by atoms with Crippen LogP contribution in [0.25, 0.3) is 0 Å². The molecule has 0 saturated heterocycles. The van der Waals surface area contributed by atoms with Crippen LogP contribution in [0.5, 0.6) is 0 Å². The molecule has 0 bridgehead atoms. The molecule has 0 amide bonds. The van der Waals surface area contributed by atoms with E-state index in [4.69, 9.17) is 9.47 Å². The quantitative estimate of drug-likeness (QED) is 0.824. The van der Waals surface area contributed by atoms with Crippen molar-refractivity contribution in [3.63, 3.8) is 0 Å². The SMILES string of the molecule is CCOC(=O)C1=C(C(C)C)NC(OC(C)C)=NC1c1ccc(F)cc1. The molecule has 1 aromatic carbocycles. The van der Waals surface area contributed by atoms with Gasteiger partial charge in [0.15, 0.2) is 0 Å². The van der Waals surface area contributed by atoms with Crippen molar-refractivity contribution in [2.75, 3.05) is 6.61 Å². The normalized spacial score (nSPS) is 17.4. The number of rotatable bonds is 5. The first-order chi connectivity index (χ1) is 11.8. The maximum absolute atomic E-state index is 13.3. The smallest absolute Gasteiger partial charge is 0.338 e. The Morgan fingerprint density at radius 1 is 1.24 bits per heavy atom. The summed E-state index contributed by atoms with van der Waals surface area (Å²) in [4.78, 5) is 17.1. The first-order valence-corrected chi connectivity index (χ1v) is 8.51. The fraction of sp³-hybridized carbons (Fsp3) is 0.474. The van der Waals surface area contributed by atoms with Crippen molar-refractivity contribution in [1.82, 2.24) is 5.32 Å². The minimum absolute atomic E-state index is 0.0311. The summed E-state index contributed by atoms with van der Waals surface area (Å²) in [6.07, 6.45) is -0.0716. The fourth-order valence-corrected chi connectivity index (χ4v) is 2.60. The highest BCUT2D eigenvalue weighted by Gasteiger charge is 2.33. The van der Waals surface area contributed by atoms with Crippen LogP contribution in [0.3, 0.4) is 0 Å². The third kappa shape index (κ3) is 4.59. The molecule has 1 atom stereocenters. The monoisotopic (exact) mass is 348 g/mol.